The van der Waals surface area contributed by atoms with E-state index in [2.05, 4.69) is 14.9 Å². The van der Waals surface area contributed by atoms with Gasteiger partial charge in [0, 0.05) is 20.3 Å². The Hall–Kier alpha value is -1.45. The fourth-order valence-corrected chi connectivity index (χ4v) is 3.21. The van der Waals surface area contributed by atoms with Gasteiger partial charge in [-0.25, -0.2) is 17.9 Å². The van der Waals surface area contributed by atoms with Gasteiger partial charge in [-0.1, -0.05) is 0 Å². The Kier molecular flexibility index (Phi) is 4.11. The van der Waals surface area contributed by atoms with Crippen molar-refractivity contribution in [1.82, 2.24) is 14.9 Å². The summed E-state index contributed by atoms with van der Waals surface area (Å²) >= 11 is 0. The Labute approximate surface area is 116 Å². The summed E-state index contributed by atoms with van der Waals surface area (Å²) in [6.07, 6.45) is 3.64. The molecule has 0 radical (unpaired) electrons. The average Bonchev–Trinajstić information content (AvgIpc) is 2.97. The molecule has 9 heteroatoms. The summed E-state index contributed by atoms with van der Waals surface area (Å²) < 4.78 is 31.6. The number of nitrogens with zero attached hydrogens (tertiary/aromatic N) is 1. The molecular formula is C11H17N3O5S. The lowest BCUT2D eigenvalue weighted by molar-refractivity contribution is 0.0692. The van der Waals surface area contributed by atoms with E-state index in [4.69, 9.17) is 9.84 Å². The Morgan fingerprint density at radius 3 is 2.85 bits per heavy atom. The molecule has 0 unspecified atom stereocenters. The van der Waals surface area contributed by atoms with Crippen LogP contribution in [0.5, 0.6) is 0 Å². The summed E-state index contributed by atoms with van der Waals surface area (Å²) in [5, 5.41) is 14.2. The molecule has 3 N–H and O–H groups in total. The average molecular weight is 303 g/mol. The van der Waals surface area contributed by atoms with Crippen molar-refractivity contribution in [2.24, 2.45) is 5.41 Å². The number of nitrogens with one attached hydrogen (secondary N) is 2. The van der Waals surface area contributed by atoms with Crippen LogP contribution in [0.2, 0.25) is 0 Å². The van der Waals surface area contributed by atoms with Crippen LogP contribution < -0.4 is 4.72 Å². The van der Waals surface area contributed by atoms with Crippen molar-refractivity contribution in [1.29, 1.82) is 0 Å². The number of hydrogen-bond acceptors (Lipinski definition) is 5. The van der Waals surface area contributed by atoms with E-state index in [0.29, 0.717) is 6.61 Å². The van der Waals surface area contributed by atoms with Crippen LogP contribution in [-0.4, -0.2) is 50.0 Å². The van der Waals surface area contributed by atoms with Gasteiger partial charge in [-0.05, 0) is 24.7 Å². The SMILES string of the molecule is COCCC1(CNS(=O)(=O)c2[nH]ncc2C(=O)O)CC1. The first-order chi connectivity index (χ1) is 9.40. The molecule has 0 amide bonds. The van der Waals surface area contributed by atoms with E-state index in [0.717, 1.165) is 25.5 Å². The molecule has 20 heavy (non-hydrogen) atoms. The minimum Gasteiger partial charge on any atom is -0.478 e. The highest BCUT2D eigenvalue weighted by atomic mass is 32.2. The van der Waals surface area contributed by atoms with E-state index in [9.17, 15) is 13.2 Å². The highest BCUT2D eigenvalue weighted by Crippen LogP contribution is 2.48. The van der Waals surface area contributed by atoms with Gasteiger partial charge in [-0.3, -0.25) is 5.10 Å². The summed E-state index contributed by atoms with van der Waals surface area (Å²) in [6, 6.07) is 0. The first-order valence-corrected chi connectivity index (χ1v) is 7.64. The van der Waals surface area contributed by atoms with Gasteiger partial charge in [-0.2, -0.15) is 5.10 Å². The maximum atomic E-state index is 12.1. The molecule has 2 rings (SSSR count). The molecule has 1 heterocycles. The maximum Gasteiger partial charge on any atom is 0.340 e. The first-order valence-electron chi connectivity index (χ1n) is 6.15. The zero-order valence-electron chi connectivity index (χ0n) is 11.0. The highest BCUT2D eigenvalue weighted by molar-refractivity contribution is 7.89. The van der Waals surface area contributed by atoms with Crippen LogP contribution in [0.4, 0.5) is 0 Å². The second kappa shape index (κ2) is 5.51. The van der Waals surface area contributed by atoms with Crippen LogP contribution in [0.1, 0.15) is 29.6 Å². The molecule has 0 aliphatic heterocycles. The number of ether oxygens (including phenoxy) is 1. The summed E-state index contributed by atoms with van der Waals surface area (Å²) in [5.74, 6) is -1.33. The zero-order valence-corrected chi connectivity index (χ0v) is 11.9. The number of aromatic nitrogens is 2. The maximum absolute atomic E-state index is 12.1. The molecule has 1 aliphatic carbocycles. The van der Waals surface area contributed by atoms with Crippen molar-refractivity contribution < 1.29 is 23.1 Å². The van der Waals surface area contributed by atoms with Crippen LogP contribution in [0, 0.1) is 5.41 Å². The topological polar surface area (TPSA) is 121 Å². The number of carbonyl (C=O) groups is 1. The Morgan fingerprint density at radius 2 is 2.30 bits per heavy atom. The number of methoxy groups -OCH3 is 1. The standard InChI is InChI=1S/C11H17N3O5S/c1-19-5-4-11(2-3-11)7-13-20(17,18)9-8(10(15)16)6-12-14-9/h6,13H,2-5,7H2,1H3,(H,12,14)(H,15,16). The van der Waals surface area contributed by atoms with Gasteiger partial charge in [0.05, 0.1) is 6.20 Å². The third kappa shape index (κ3) is 3.17. The molecule has 1 saturated carbocycles. The van der Waals surface area contributed by atoms with Crippen molar-refractivity contribution in [2.45, 2.75) is 24.3 Å². The third-order valence-corrected chi connectivity index (χ3v) is 4.91. The van der Waals surface area contributed by atoms with E-state index in [1.807, 2.05) is 0 Å². The van der Waals surface area contributed by atoms with E-state index in [1.54, 1.807) is 7.11 Å². The van der Waals surface area contributed by atoms with Gasteiger partial charge >= 0.3 is 5.97 Å². The van der Waals surface area contributed by atoms with Crippen molar-refractivity contribution in [2.75, 3.05) is 20.3 Å². The molecule has 1 fully saturated rings. The molecule has 1 aromatic rings. The molecule has 1 aliphatic rings. The quantitative estimate of drug-likeness (QED) is 0.631. The largest absolute Gasteiger partial charge is 0.478 e. The first kappa shape index (κ1) is 14.9. The Balaban J connectivity index is 2.05. The predicted octanol–water partition coefficient (Wildman–Crippen LogP) is 0.203. The van der Waals surface area contributed by atoms with Gasteiger partial charge in [0.25, 0.3) is 10.0 Å². The predicted molar refractivity (Wildman–Crippen MR) is 68.9 cm³/mol. The molecule has 0 aromatic carbocycles. The minimum atomic E-state index is -3.90. The number of aromatic carboxylic acids is 1. The smallest absolute Gasteiger partial charge is 0.340 e. The monoisotopic (exact) mass is 303 g/mol. The number of carboxylic acids is 1. The lowest BCUT2D eigenvalue weighted by Gasteiger charge is -2.15. The van der Waals surface area contributed by atoms with Gasteiger partial charge in [0.2, 0.25) is 0 Å². The summed E-state index contributed by atoms with van der Waals surface area (Å²) in [5.41, 5.74) is -0.425. The van der Waals surface area contributed by atoms with E-state index in [-0.39, 0.29) is 17.5 Å². The lowest BCUT2D eigenvalue weighted by Crippen LogP contribution is -2.32. The number of rotatable bonds is 8. The normalized spacial score (nSPS) is 17.1. The number of H-pyrrole nitrogens is 1. The lowest BCUT2D eigenvalue weighted by atomic mass is 10.0. The molecule has 112 valence electrons. The van der Waals surface area contributed by atoms with Gasteiger partial charge in [-0.15, -0.1) is 0 Å². The Bertz CT molecular complexity index is 591. The van der Waals surface area contributed by atoms with Crippen LogP contribution in [0.3, 0.4) is 0 Å². The van der Waals surface area contributed by atoms with E-state index >= 15 is 0 Å². The number of hydrogen-bond donors (Lipinski definition) is 3. The number of carboxylic acid groups (broad SMARTS) is 1. The summed E-state index contributed by atoms with van der Waals surface area (Å²) in [6.45, 7) is 0.850. The van der Waals surface area contributed by atoms with Gasteiger partial charge in [0.1, 0.15) is 5.56 Å². The number of aromatic amines is 1. The second-order valence-electron chi connectivity index (χ2n) is 4.99. The molecule has 0 saturated heterocycles. The molecule has 0 spiro atoms. The van der Waals surface area contributed by atoms with Crippen molar-refractivity contribution in [3.8, 4) is 0 Å². The molecule has 0 atom stereocenters. The van der Waals surface area contributed by atoms with Gasteiger partial charge in [0.15, 0.2) is 5.03 Å². The minimum absolute atomic E-state index is 0.0630. The molecule has 8 nitrogen and oxygen atoms in total. The summed E-state index contributed by atoms with van der Waals surface area (Å²) in [4.78, 5) is 10.9. The zero-order chi connectivity index (χ0) is 14.8. The van der Waals surface area contributed by atoms with Crippen molar-refractivity contribution in [3.05, 3.63) is 11.8 Å². The third-order valence-electron chi connectivity index (χ3n) is 3.53. The molecular weight excluding hydrogens is 286 g/mol. The van der Waals surface area contributed by atoms with Crippen molar-refractivity contribution >= 4 is 16.0 Å². The van der Waals surface area contributed by atoms with E-state index in [1.165, 1.54) is 0 Å². The molecule has 1 aromatic heterocycles. The summed E-state index contributed by atoms with van der Waals surface area (Å²) in [7, 11) is -2.30. The highest BCUT2D eigenvalue weighted by Gasteiger charge is 2.43. The van der Waals surface area contributed by atoms with Crippen LogP contribution in [-0.2, 0) is 14.8 Å². The Morgan fingerprint density at radius 1 is 1.60 bits per heavy atom. The van der Waals surface area contributed by atoms with Crippen LogP contribution in [0.25, 0.3) is 0 Å². The number of sulfonamides is 1. The molecule has 0 bridgehead atoms. The van der Waals surface area contributed by atoms with Gasteiger partial charge < -0.3 is 9.84 Å². The fraction of sp³-hybridized carbons (Fsp3) is 0.636. The van der Waals surface area contributed by atoms with Crippen LogP contribution in [0.15, 0.2) is 11.2 Å². The fourth-order valence-electron chi connectivity index (χ4n) is 1.96. The van der Waals surface area contributed by atoms with Crippen LogP contribution >= 0.6 is 0 Å². The van der Waals surface area contributed by atoms with Crippen molar-refractivity contribution in [3.63, 3.8) is 0 Å². The second-order valence-corrected chi connectivity index (χ2v) is 6.69. The van der Waals surface area contributed by atoms with E-state index < -0.39 is 21.0 Å².